The van der Waals surface area contributed by atoms with E-state index in [0.717, 1.165) is 5.69 Å². The first-order valence-corrected chi connectivity index (χ1v) is 11.1. The monoisotopic (exact) mass is 402 g/mol. The molecule has 0 bridgehead atoms. The van der Waals surface area contributed by atoms with Gasteiger partial charge in [-0.25, -0.2) is 13.1 Å². The molecule has 28 heavy (non-hydrogen) atoms. The van der Waals surface area contributed by atoms with Gasteiger partial charge >= 0.3 is 0 Å². The molecule has 148 valence electrons. The van der Waals surface area contributed by atoms with Gasteiger partial charge in [-0.3, -0.25) is 9.59 Å². The molecule has 0 aliphatic carbocycles. The van der Waals surface area contributed by atoms with Crippen LogP contribution in [0, 0.1) is 12.8 Å². The maximum atomic E-state index is 12.8. The highest BCUT2D eigenvalue weighted by atomic mass is 32.2. The van der Waals surface area contributed by atoms with E-state index in [1.54, 1.807) is 22.6 Å². The van der Waals surface area contributed by atoms with Crippen molar-refractivity contribution in [1.29, 1.82) is 0 Å². The largest absolute Gasteiger partial charge is 0.312 e. The summed E-state index contributed by atoms with van der Waals surface area (Å²) in [5, 5.41) is 7.23. The number of sulfone groups is 1. The van der Waals surface area contributed by atoms with Crippen LogP contribution in [0.5, 0.6) is 0 Å². The Hall–Kier alpha value is -2.68. The van der Waals surface area contributed by atoms with Crippen LogP contribution >= 0.6 is 0 Å². The van der Waals surface area contributed by atoms with Gasteiger partial charge in [0.15, 0.2) is 9.84 Å². The van der Waals surface area contributed by atoms with Crippen molar-refractivity contribution in [1.82, 2.24) is 9.78 Å². The standard InChI is InChI=1S/C19H22N4O4S/c1-13-9-17(23(21-13)16-7-8-28(26,27)12-16)20-19(25)14-10-18(24)22(11-14)15-5-3-2-4-6-15/h2-6,9,14,16H,7-8,10-12H2,1H3,(H,20,25). The minimum atomic E-state index is -3.07. The number of amides is 2. The smallest absolute Gasteiger partial charge is 0.230 e. The van der Waals surface area contributed by atoms with E-state index in [9.17, 15) is 18.0 Å². The molecule has 1 aromatic heterocycles. The van der Waals surface area contributed by atoms with Crippen molar-refractivity contribution in [3.05, 3.63) is 42.1 Å². The van der Waals surface area contributed by atoms with Crippen molar-refractivity contribution in [2.24, 2.45) is 5.92 Å². The highest BCUT2D eigenvalue weighted by Crippen LogP contribution is 2.29. The van der Waals surface area contributed by atoms with Crippen LogP contribution in [0.1, 0.15) is 24.6 Å². The van der Waals surface area contributed by atoms with Crippen LogP contribution in [-0.2, 0) is 19.4 Å². The zero-order chi connectivity index (χ0) is 19.9. The highest BCUT2D eigenvalue weighted by Gasteiger charge is 2.36. The van der Waals surface area contributed by atoms with Crippen molar-refractivity contribution < 1.29 is 18.0 Å². The fourth-order valence-corrected chi connectivity index (χ4v) is 5.52. The molecule has 1 aromatic carbocycles. The predicted octanol–water partition coefficient (Wildman–Crippen LogP) is 1.54. The third kappa shape index (κ3) is 3.66. The number of carbonyl (C=O) groups is 2. The summed E-state index contributed by atoms with van der Waals surface area (Å²) in [5.41, 5.74) is 1.48. The SMILES string of the molecule is Cc1cc(NC(=O)C2CC(=O)N(c3ccccc3)C2)n(C2CCS(=O)(=O)C2)n1. The van der Waals surface area contributed by atoms with Crippen LogP contribution in [-0.4, -0.2) is 48.1 Å². The fourth-order valence-electron chi connectivity index (χ4n) is 3.83. The first kappa shape index (κ1) is 18.7. The summed E-state index contributed by atoms with van der Waals surface area (Å²) in [6, 6.07) is 10.7. The summed E-state index contributed by atoms with van der Waals surface area (Å²) in [6.07, 6.45) is 0.627. The highest BCUT2D eigenvalue weighted by molar-refractivity contribution is 7.91. The number of hydrogen-bond donors (Lipinski definition) is 1. The zero-order valence-corrected chi connectivity index (χ0v) is 16.4. The lowest BCUT2D eigenvalue weighted by Crippen LogP contribution is -2.29. The van der Waals surface area contributed by atoms with E-state index in [1.165, 1.54) is 0 Å². The lowest BCUT2D eigenvalue weighted by atomic mass is 10.1. The van der Waals surface area contributed by atoms with Crippen molar-refractivity contribution in [2.75, 3.05) is 28.3 Å². The number of nitrogens with zero attached hydrogens (tertiary/aromatic N) is 3. The molecule has 1 N–H and O–H groups in total. The van der Waals surface area contributed by atoms with Gasteiger partial charge in [0.25, 0.3) is 0 Å². The quantitative estimate of drug-likeness (QED) is 0.836. The number of benzene rings is 1. The van der Waals surface area contributed by atoms with Gasteiger partial charge in [0.2, 0.25) is 11.8 Å². The summed E-state index contributed by atoms with van der Waals surface area (Å²) in [7, 11) is -3.07. The molecule has 2 aliphatic rings. The molecule has 9 heteroatoms. The molecule has 2 amide bonds. The van der Waals surface area contributed by atoms with Gasteiger partial charge in [-0.2, -0.15) is 5.10 Å². The summed E-state index contributed by atoms with van der Waals surface area (Å²) in [5.74, 6) is -0.168. The van der Waals surface area contributed by atoms with E-state index >= 15 is 0 Å². The van der Waals surface area contributed by atoms with Crippen LogP contribution in [0.3, 0.4) is 0 Å². The Morgan fingerprint density at radius 2 is 2.00 bits per heavy atom. The van der Waals surface area contributed by atoms with Crippen LogP contribution < -0.4 is 10.2 Å². The molecule has 2 fully saturated rings. The van der Waals surface area contributed by atoms with E-state index < -0.39 is 15.8 Å². The summed E-state index contributed by atoms with van der Waals surface area (Å²) >= 11 is 0. The second kappa shape index (κ2) is 7.05. The lowest BCUT2D eigenvalue weighted by molar-refractivity contribution is -0.122. The molecule has 2 aliphatic heterocycles. The molecular weight excluding hydrogens is 380 g/mol. The Morgan fingerprint density at radius 3 is 2.68 bits per heavy atom. The zero-order valence-electron chi connectivity index (χ0n) is 15.5. The maximum absolute atomic E-state index is 12.8. The van der Waals surface area contributed by atoms with Crippen LogP contribution in [0.15, 0.2) is 36.4 Å². The fraction of sp³-hybridized carbons (Fsp3) is 0.421. The number of hydrogen-bond acceptors (Lipinski definition) is 5. The average molecular weight is 402 g/mol. The second-order valence-electron chi connectivity index (χ2n) is 7.40. The van der Waals surface area contributed by atoms with E-state index in [2.05, 4.69) is 10.4 Å². The first-order chi connectivity index (χ1) is 13.3. The molecule has 0 radical (unpaired) electrons. The molecule has 8 nitrogen and oxygen atoms in total. The van der Waals surface area contributed by atoms with Crippen molar-refractivity contribution in [3.8, 4) is 0 Å². The van der Waals surface area contributed by atoms with Gasteiger partial charge in [-0.05, 0) is 25.5 Å². The minimum Gasteiger partial charge on any atom is -0.312 e. The number of aromatic nitrogens is 2. The minimum absolute atomic E-state index is 0.0285. The van der Waals surface area contributed by atoms with Gasteiger partial charge < -0.3 is 10.2 Å². The van der Waals surface area contributed by atoms with Crippen LogP contribution in [0.4, 0.5) is 11.5 Å². The summed E-state index contributed by atoms with van der Waals surface area (Å²) in [6.45, 7) is 2.12. The summed E-state index contributed by atoms with van der Waals surface area (Å²) in [4.78, 5) is 26.8. The van der Waals surface area contributed by atoms with Crippen LogP contribution in [0.2, 0.25) is 0 Å². The molecule has 2 atom stereocenters. The van der Waals surface area contributed by atoms with Gasteiger partial charge in [0.05, 0.1) is 29.2 Å². The number of nitrogens with one attached hydrogen (secondary N) is 1. The van der Waals surface area contributed by atoms with Crippen molar-refractivity contribution >= 4 is 33.2 Å². The Morgan fingerprint density at radius 1 is 1.25 bits per heavy atom. The molecule has 2 saturated heterocycles. The Bertz CT molecular complexity index is 1020. The molecule has 2 unspecified atom stereocenters. The molecule has 3 heterocycles. The third-order valence-electron chi connectivity index (χ3n) is 5.23. The van der Waals surface area contributed by atoms with E-state index in [4.69, 9.17) is 0 Å². The van der Waals surface area contributed by atoms with Gasteiger partial charge in [-0.15, -0.1) is 0 Å². The second-order valence-corrected chi connectivity index (χ2v) is 9.63. The van der Waals surface area contributed by atoms with E-state index in [-0.39, 0.29) is 35.8 Å². The Kier molecular flexibility index (Phi) is 4.70. The van der Waals surface area contributed by atoms with Gasteiger partial charge in [0.1, 0.15) is 5.82 Å². The Balaban J connectivity index is 1.48. The van der Waals surface area contributed by atoms with Gasteiger partial charge in [0, 0.05) is 24.7 Å². The molecule has 2 aromatic rings. The number of para-hydroxylation sites is 1. The predicted molar refractivity (Wildman–Crippen MR) is 105 cm³/mol. The lowest BCUT2D eigenvalue weighted by Gasteiger charge is -2.17. The third-order valence-corrected chi connectivity index (χ3v) is 6.98. The molecule has 4 rings (SSSR count). The average Bonchev–Trinajstić information content (AvgIpc) is 3.32. The molecule has 0 saturated carbocycles. The van der Waals surface area contributed by atoms with Crippen LogP contribution in [0.25, 0.3) is 0 Å². The van der Waals surface area contributed by atoms with Crippen molar-refractivity contribution in [3.63, 3.8) is 0 Å². The maximum Gasteiger partial charge on any atom is 0.230 e. The number of anilines is 2. The Labute approximate surface area is 163 Å². The first-order valence-electron chi connectivity index (χ1n) is 9.25. The topological polar surface area (TPSA) is 101 Å². The number of aryl methyl sites for hydroxylation is 1. The van der Waals surface area contributed by atoms with E-state index in [1.807, 2.05) is 30.3 Å². The number of carbonyl (C=O) groups excluding carboxylic acids is 2. The summed E-state index contributed by atoms with van der Waals surface area (Å²) < 4.78 is 25.2. The van der Waals surface area contributed by atoms with E-state index in [0.29, 0.717) is 24.5 Å². The molecule has 0 spiro atoms. The van der Waals surface area contributed by atoms with Gasteiger partial charge in [-0.1, -0.05) is 18.2 Å². The normalized spacial score (nSPS) is 23.9. The molecular formula is C19H22N4O4S. The van der Waals surface area contributed by atoms with Crippen molar-refractivity contribution in [2.45, 2.75) is 25.8 Å². The number of rotatable bonds is 4.